The Kier molecular flexibility index (Phi) is 4.13. The topological polar surface area (TPSA) is 29.5 Å². The third-order valence-corrected chi connectivity index (χ3v) is 2.67. The monoisotopic (exact) mass is 234 g/mol. The SMILES string of the molecule is OCC#Cc1ccc(COCC2CC2)c(F)c1. The van der Waals surface area contributed by atoms with Crippen molar-refractivity contribution in [3.63, 3.8) is 0 Å². The Morgan fingerprint density at radius 3 is 2.88 bits per heavy atom. The average molecular weight is 234 g/mol. The van der Waals surface area contributed by atoms with Gasteiger partial charge in [-0.2, -0.15) is 0 Å². The van der Waals surface area contributed by atoms with Crippen molar-refractivity contribution in [2.75, 3.05) is 13.2 Å². The van der Waals surface area contributed by atoms with Crippen LogP contribution in [0.5, 0.6) is 0 Å². The maximum Gasteiger partial charge on any atom is 0.129 e. The van der Waals surface area contributed by atoms with Gasteiger partial charge in [0.05, 0.1) is 6.61 Å². The molecule has 90 valence electrons. The second-order valence-electron chi connectivity index (χ2n) is 4.22. The summed E-state index contributed by atoms with van der Waals surface area (Å²) in [6, 6.07) is 4.80. The second kappa shape index (κ2) is 5.81. The van der Waals surface area contributed by atoms with Gasteiger partial charge in [-0.05, 0) is 30.9 Å². The number of ether oxygens (including phenoxy) is 1. The van der Waals surface area contributed by atoms with E-state index in [-0.39, 0.29) is 12.4 Å². The number of aliphatic hydroxyl groups excluding tert-OH is 1. The first-order valence-corrected chi connectivity index (χ1v) is 5.75. The van der Waals surface area contributed by atoms with Crippen LogP contribution >= 0.6 is 0 Å². The molecule has 2 nitrogen and oxygen atoms in total. The fourth-order valence-electron chi connectivity index (χ4n) is 1.50. The molecule has 1 aromatic carbocycles. The molecule has 0 bridgehead atoms. The predicted molar refractivity (Wildman–Crippen MR) is 62.7 cm³/mol. The number of halogens is 1. The summed E-state index contributed by atoms with van der Waals surface area (Å²) in [7, 11) is 0. The van der Waals surface area contributed by atoms with Gasteiger partial charge < -0.3 is 9.84 Å². The quantitative estimate of drug-likeness (QED) is 0.808. The van der Waals surface area contributed by atoms with Gasteiger partial charge in [-0.25, -0.2) is 4.39 Å². The molecule has 1 aliphatic rings. The molecule has 1 saturated carbocycles. The zero-order valence-corrected chi connectivity index (χ0v) is 9.58. The van der Waals surface area contributed by atoms with Gasteiger partial charge in [0.1, 0.15) is 12.4 Å². The minimum atomic E-state index is -0.300. The van der Waals surface area contributed by atoms with Gasteiger partial charge in [0.2, 0.25) is 0 Å². The first-order chi connectivity index (χ1) is 8.29. The van der Waals surface area contributed by atoms with E-state index in [4.69, 9.17) is 9.84 Å². The molecule has 0 heterocycles. The van der Waals surface area contributed by atoms with Gasteiger partial charge in [0, 0.05) is 17.7 Å². The van der Waals surface area contributed by atoms with Crippen molar-refractivity contribution in [3.8, 4) is 11.8 Å². The first-order valence-electron chi connectivity index (χ1n) is 5.75. The van der Waals surface area contributed by atoms with Crippen LogP contribution < -0.4 is 0 Å². The van der Waals surface area contributed by atoms with Crippen molar-refractivity contribution in [2.45, 2.75) is 19.4 Å². The molecule has 1 fully saturated rings. The molecule has 0 atom stereocenters. The van der Waals surface area contributed by atoms with E-state index < -0.39 is 0 Å². The summed E-state index contributed by atoms with van der Waals surface area (Å²) >= 11 is 0. The van der Waals surface area contributed by atoms with Crippen molar-refractivity contribution in [2.24, 2.45) is 5.92 Å². The van der Waals surface area contributed by atoms with Gasteiger partial charge in [0.15, 0.2) is 0 Å². The smallest absolute Gasteiger partial charge is 0.129 e. The van der Waals surface area contributed by atoms with Crippen molar-refractivity contribution in [1.82, 2.24) is 0 Å². The summed E-state index contributed by atoms with van der Waals surface area (Å²) in [6.45, 7) is 0.829. The molecular weight excluding hydrogens is 219 g/mol. The zero-order valence-electron chi connectivity index (χ0n) is 9.58. The largest absolute Gasteiger partial charge is 0.384 e. The molecule has 0 radical (unpaired) electrons. The van der Waals surface area contributed by atoms with Gasteiger partial charge in [0.25, 0.3) is 0 Å². The predicted octanol–water partition coefficient (Wildman–Crippen LogP) is 2.10. The lowest BCUT2D eigenvalue weighted by Crippen LogP contribution is -1.99. The van der Waals surface area contributed by atoms with E-state index >= 15 is 0 Å². The zero-order chi connectivity index (χ0) is 12.1. The van der Waals surface area contributed by atoms with Crippen molar-refractivity contribution >= 4 is 0 Å². The molecule has 1 aliphatic carbocycles. The van der Waals surface area contributed by atoms with Crippen LogP contribution in [0, 0.1) is 23.6 Å². The summed E-state index contributed by atoms with van der Waals surface area (Å²) in [4.78, 5) is 0. The Morgan fingerprint density at radius 2 is 2.24 bits per heavy atom. The first kappa shape index (κ1) is 12.1. The number of aliphatic hydroxyl groups is 1. The van der Waals surface area contributed by atoms with Gasteiger partial charge >= 0.3 is 0 Å². The number of benzene rings is 1. The van der Waals surface area contributed by atoms with Crippen LogP contribution in [-0.4, -0.2) is 18.3 Å². The third kappa shape index (κ3) is 3.85. The van der Waals surface area contributed by atoms with Crippen molar-refractivity contribution < 1.29 is 14.2 Å². The molecule has 3 heteroatoms. The molecule has 0 saturated heterocycles. The van der Waals surface area contributed by atoms with E-state index in [0.717, 1.165) is 6.61 Å². The van der Waals surface area contributed by atoms with Gasteiger partial charge in [-0.1, -0.05) is 17.9 Å². The highest BCUT2D eigenvalue weighted by Gasteiger charge is 2.21. The molecule has 2 rings (SSSR count). The molecule has 0 unspecified atom stereocenters. The van der Waals surface area contributed by atoms with Crippen LogP contribution in [0.4, 0.5) is 4.39 Å². The Balaban J connectivity index is 1.92. The Labute approximate surface area is 100 Å². The van der Waals surface area contributed by atoms with E-state index in [1.54, 1.807) is 12.1 Å². The number of hydrogen-bond donors (Lipinski definition) is 1. The number of rotatable bonds is 4. The van der Waals surface area contributed by atoms with E-state index in [1.165, 1.54) is 18.9 Å². The fraction of sp³-hybridized carbons (Fsp3) is 0.429. The van der Waals surface area contributed by atoms with E-state index in [9.17, 15) is 4.39 Å². The molecule has 0 aromatic heterocycles. The standard InChI is InChI=1S/C14H15FO2/c15-14-8-11(2-1-7-16)5-6-13(14)10-17-9-12-3-4-12/h5-6,8,12,16H,3-4,7,9-10H2. The lowest BCUT2D eigenvalue weighted by Gasteiger charge is -2.05. The summed E-state index contributed by atoms with van der Waals surface area (Å²) < 4.78 is 19.0. The van der Waals surface area contributed by atoms with Crippen LogP contribution in [-0.2, 0) is 11.3 Å². The van der Waals surface area contributed by atoms with Gasteiger partial charge in [-0.15, -0.1) is 0 Å². The summed E-state index contributed by atoms with van der Waals surface area (Å²) in [5.41, 5.74) is 1.13. The maximum atomic E-state index is 13.6. The molecule has 1 aromatic rings. The van der Waals surface area contributed by atoms with E-state index in [2.05, 4.69) is 11.8 Å². The third-order valence-electron chi connectivity index (χ3n) is 2.67. The Bertz CT molecular complexity index is 441. The second-order valence-corrected chi connectivity index (χ2v) is 4.22. The van der Waals surface area contributed by atoms with E-state index in [1.807, 2.05) is 0 Å². The highest BCUT2D eigenvalue weighted by atomic mass is 19.1. The van der Waals surface area contributed by atoms with Crippen LogP contribution in [0.1, 0.15) is 24.0 Å². The van der Waals surface area contributed by atoms with Crippen molar-refractivity contribution in [1.29, 1.82) is 0 Å². The minimum absolute atomic E-state index is 0.214. The molecule has 0 aliphatic heterocycles. The van der Waals surface area contributed by atoms with Gasteiger partial charge in [-0.3, -0.25) is 0 Å². The Hall–Kier alpha value is -1.37. The fourth-order valence-corrected chi connectivity index (χ4v) is 1.50. The highest BCUT2D eigenvalue weighted by molar-refractivity contribution is 5.36. The van der Waals surface area contributed by atoms with E-state index in [0.29, 0.717) is 23.7 Å². The summed E-state index contributed by atoms with van der Waals surface area (Å²) in [6.07, 6.45) is 2.47. The average Bonchev–Trinajstić information content (AvgIpc) is 3.13. The molecule has 0 spiro atoms. The molecule has 0 amide bonds. The Morgan fingerprint density at radius 1 is 1.41 bits per heavy atom. The van der Waals surface area contributed by atoms with Crippen LogP contribution in [0.15, 0.2) is 18.2 Å². The van der Waals surface area contributed by atoms with Crippen LogP contribution in [0.25, 0.3) is 0 Å². The maximum absolute atomic E-state index is 13.6. The molecule has 1 N–H and O–H groups in total. The number of hydrogen-bond acceptors (Lipinski definition) is 2. The summed E-state index contributed by atoms with van der Waals surface area (Å²) in [5, 5.41) is 8.54. The molecular formula is C14H15FO2. The normalized spacial score (nSPS) is 14.2. The lowest BCUT2D eigenvalue weighted by atomic mass is 10.1. The minimum Gasteiger partial charge on any atom is -0.384 e. The lowest BCUT2D eigenvalue weighted by molar-refractivity contribution is 0.109. The van der Waals surface area contributed by atoms with Crippen LogP contribution in [0.2, 0.25) is 0 Å². The van der Waals surface area contributed by atoms with Crippen LogP contribution in [0.3, 0.4) is 0 Å². The summed E-state index contributed by atoms with van der Waals surface area (Å²) in [5.74, 6) is 5.54. The molecule has 17 heavy (non-hydrogen) atoms. The highest BCUT2D eigenvalue weighted by Crippen LogP contribution is 2.29. The van der Waals surface area contributed by atoms with Crippen molar-refractivity contribution in [3.05, 3.63) is 35.1 Å².